The van der Waals surface area contributed by atoms with Crippen molar-refractivity contribution in [3.05, 3.63) is 11.7 Å². The molecule has 0 aromatic carbocycles. The molecule has 1 saturated heterocycles. The van der Waals surface area contributed by atoms with E-state index in [0.717, 1.165) is 18.9 Å². The second kappa shape index (κ2) is 5.77. The Hall–Kier alpha value is -0.980. The number of hydrogen-bond acceptors (Lipinski definition) is 6. The molecule has 1 aliphatic heterocycles. The van der Waals surface area contributed by atoms with Crippen LogP contribution in [0.25, 0.3) is 0 Å². The Kier molecular flexibility index (Phi) is 4.31. The van der Waals surface area contributed by atoms with Crippen molar-refractivity contribution in [2.75, 3.05) is 19.7 Å². The van der Waals surface area contributed by atoms with Crippen molar-refractivity contribution in [1.29, 1.82) is 0 Å². The summed E-state index contributed by atoms with van der Waals surface area (Å²) in [5, 5.41) is 4.00. The van der Waals surface area contributed by atoms with E-state index in [1.807, 2.05) is 20.8 Å². The molecule has 1 aromatic heterocycles. The van der Waals surface area contributed by atoms with Crippen molar-refractivity contribution < 1.29 is 9.26 Å². The summed E-state index contributed by atoms with van der Waals surface area (Å²) in [6.07, 6.45) is 0.0928. The lowest BCUT2D eigenvalue weighted by molar-refractivity contribution is -0.0411. The third-order valence-corrected chi connectivity index (χ3v) is 3.11. The van der Waals surface area contributed by atoms with E-state index in [4.69, 9.17) is 15.0 Å². The summed E-state index contributed by atoms with van der Waals surface area (Å²) in [5.74, 6) is 1.71. The zero-order chi connectivity index (χ0) is 13.1. The molecule has 2 rings (SSSR count). The first-order chi connectivity index (χ1) is 8.56. The third-order valence-electron chi connectivity index (χ3n) is 3.11. The molecule has 6 heteroatoms. The fourth-order valence-corrected chi connectivity index (χ4v) is 1.96. The standard InChI is InChI=1S/C12H22N4O2/c1-8(2)12-14-11(15-18-12)7-16-4-5-17-10(6-16)9(3)13/h8-10H,4-7,13H2,1-3H3. The van der Waals surface area contributed by atoms with Crippen LogP contribution in [-0.2, 0) is 11.3 Å². The van der Waals surface area contributed by atoms with E-state index in [2.05, 4.69) is 15.0 Å². The van der Waals surface area contributed by atoms with Crippen LogP contribution in [0.2, 0.25) is 0 Å². The summed E-state index contributed by atoms with van der Waals surface area (Å²) in [6, 6.07) is 0.0456. The lowest BCUT2D eigenvalue weighted by atomic mass is 10.1. The van der Waals surface area contributed by atoms with Gasteiger partial charge >= 0.3 is 0 Å². The number of rotatable bonds is 4. The summed E-state index contributed by atoms with van der Waals surface area (Å²) < 4.78 is 10.8. The monoisotopic (exact) mass is 254 g/mol. The second-order valence-electron chi connectivity index (χ2n) is 5.21. The van der Waals surface area contributed by atoms with Gasteiger partial charge in [0.15, 0.2) is 5.82 Å². The topological polar surface area (TPSA) is 77.4 Å². The predicted octanol–water partition coefficient (Wildman–Crippen LogP) is 0.741. The van der Waals surface area contributed by atoms with E-state index in [1.54, 1.807) is 0 Å². The highest BCUT2D eigenvalue weighted by Crippen LogP contribution is 2.14. The van der Waals surface area contributed by atoms with Crippen molar-refractivity contribution in [1.82, 2.24) is 15.0 Å². The zero-order valence-electron chi connectivity index (χ0n) is 11.3. The second-order valence-corrected chi connectivity index (χ2v) is 5.21. The first kappa shape index (κ1) is 13.5. The van der Waals surface area contributed by atoms with E-state index in [-0.39, 0.29) is 18.1 Å². The van der Waals surface area contributed by atoms with E-state index in [9.17, 15) is 0 Å². The molecule has 2 atom stereocenters. The molecule has 18 heavy (non-hydrogen) atoms. The minimum atomic E-state index is 0.0456. The lowest BCUT2D eigenvalue weighted by Gasteiger charge is -2.33. The van der Waals surface area contributed by atoms with Crippen LogP contribution >= 0.6 is 0 Å². The molecule has 2 unspecified atom stereocenters. The molecular weight excluding hydrogens is 232 g/mol. The number of nitrogens with two attached hydrogens (primary N) is 1. The van der Waals surface area contributed by atoms with Crippen molar-refractivity contribution in [3.8, 4) is 0 Å². The largest absolute Gasteiger partial charge is 0.374 e. The van der Waals surface area contributed by atoms with Gasteiger partial charge in [0.2, 0.25) is 5.89 Å². The van der Waals surface area contributed by atoms with Gasteiger partial charge in [-0.25, -0.2) is 0 Å². The highest BCUT2D eigenvalue weighted by Gasteiger charge is 2.24. The molecule has 102 valence electrons. The summed E-state index contributed by atoms with van der Waals surface area (Å²) >= 11 is 0. The van der Waals surface area contributed by atoms with Gasteiger partial charge in [-0.2, -0.15) is 4.98 Å². The maximum atomic E-state index is 5.87. The zero-order valence-corrected chi connectivity index (χ0v) is 11.3. The fourth-order valence-electron chi connectivity index (χ4n) is 1.96. The first-order valence-electron chi connectivity index (χ1n) is 6.48. The van der Waals surface area contributed by atoms with Crippen molar-refractivity contribution >= 4 is 0 Å². The molecule has 6 nitrogen and oxygen atoms in total. The van der Waals surface area contributed by atoms with Crippen molar-refractivity contribution in [2.24, 2.45) is 5.73 Å². The summed E-state index contributed by atoms with van der Waals surface area (Å²) in [6.45, 7) is 9.16. The van der Waals surface area contributed by atoms with Gasteiger partial charge in [0, 0.05) is 25.0 Å². The number of aromatic nitrogens is 2. The first-order valence-corrected chi connectivity index (χ1v) is 6.48. The van der Waals surface area contributed by atoms with Crippen LogP contribution < -0.4 is 5.73 Å². The molecule has 0 aliphatic carbocycles. The number of morpholine rings is 1. The normalized spacial score (nSPS) is 23.5. The quantitative estimate of drug-likeness (QED) is 0.854. The molecule has 0 saturated carbocycles. The molecule has 2 N–H and O–H groups in total. The maximum Gasteiger partial charge on any atom is 0.229 e. The van der Waals surface area contributed by atoms with Crippen LogP contribution in [0.1, 0.15) is 38.4 Å². The van der Waals surface area contributed by atoms with Crippen LogP contribution in [0.4, 0.5) is 0 Å². The Bertz CT molecular complexity index is 378. The molecule has 1 aromatic rings. The minimum Gasteiger partial charge on any atom is -0.374 e. The van der Waals surface area contributed by atoms with Gasteiger partial charge in [-0.05, 0) is 6.92 Å². The van der Waals surface area contributed by atoms with E-state index >= 15 is 0 Å². The van der Waals surface area contributed by atoms with Crippen LogP contribution in [0.5, 0.6) is 0 Å². The van der Waals surface area contributed by atoms with Gasteiger partial charge < -0.3 is 15.0 Å². The van der Waals surface area contributed by atoms with Gasteiger partial charge in [-0.1, -0.05) is 19.0 Å². The van der Waals surface area contributed by atoms with Gasteiger partial charge in [-0.3, -0.25) is 4.90 Å². The van der Waals surface area contributed by atoms with Gasteiger partial charge in [0.25, 0.3) is 0 Å². The molecule has 0 amide bonds. The third kappa shape index (κ3) is 3.28. The van der Waals surface area contributed by atoms with E-state index < -0.39 is 0 Å². The Morgan fingerprint density at radius 3 is 2.83 bits per heavy atom. The molecule has 0 spiro atoms. The smallest absolute Gasteiger partial charge is 0.229 e. The maximum absolute atomic E-state index is 5.87. The molecule has 1 fully saturated rings. The molecular formula is C12H22N4O2. The summed E-state index contributed by atoms with van der Waals surface area (Å²) in [7, 11) is 0. The Morgan fingerprint density at radius 2 is 2.22 bits per heavy atom. The van der Waals surface area contributed by atoms with Gasteiger partial charge in [-0.15, -0.1) is 0 Å². The lowest BCUT2D eigenvalue weighted by Crippen LogP contribution is -2.49. The van der Waals surface area contributed by atoms with Crippen molar-refractivity contribution in [3.63, 3.8) is 0 Å². The van der Waals surface area contributed by atoms with Gasteiger partial charge in [0.05, 0.1) is 19.3 Å². The van der Waals surface area contributed by atoms with Crippen molar-refractivity contribution in [2.45, 2.75) is 45.4 Å². The fraction of sp³-hybridized carbons (Fsp3) is 0.833. The van der Waals surface area contributed by atoms with Gasteiger partial charge in [0.1, 0.15) is 0 Å². The highest BCUT2D eigenvalue weighted by atomic mass is 16.5. The molecule has 2 heterocycles. The number of nitrogens with zero attached hydrogens (tertiary/aromatic N) is 3. The number of ether oxygens (including phenoxy) is 1. The molecule has 0 radical (unpaired) electrons. The van der Waals surface area contributed by atoms with Crippen LogP contribution in [-0.4, -0.2) is 46.9 Å². The minimum absolute atomic E-state index is 0.0456. The van der Waals surface area contributed by atoms with E-state index in [1.165, 1.54) is 0 Å². The van der Waals surface area contributed by atoms with Crippen LogP contribution in [0, 0.1) is 0 Å². The average Bonchev–Trinajstić information content (AvgIpc) is 2.78. The summed E-state index contributed by atoms with van der Waals surface area (Å²) in [4.78, 5) is 6.64. The predicted molar refractivity (Wildman–Crippen MR) is 67.1 cm³/mol. The molecule has 1 aliphatic rings. The Balaban J connectivity index is 1.92. The highest BCUT2D eigenvalue weighted by molar-refractivity contribution is 4.91. The summed E-state index contributed by atoms with van der Waals surface area (Å²) in [5.41, 5.74) is 5.87. The average molecular weight is 254 g/mol. The molecule has 0 bridgehead atoms. The Labute approximate surface area is 107 Å². The van der Waals surface area contributed by atoms with Crippen LogP contribution in [0.3, 0.4) is 0 Å². The van der Waals surface area contributed by atoms with Crippen LogP contribution in [0.15, 0.2) is 4.52 Å². The number of hydrogen-bond donors (Lipinski definition) is 1. The SMILES string of the molecule is CC(C)c1nc(CN2CCOC(C(C)N)C2)no1. The Morgan fingerprint density at radius 1 is 1.44 bits per heavy atom. The van der Waals surface area contributed by atoms with E-state index in [0.29, 0.717) is 19.0 Å².